The lowest BCUT2D eigenvalue weighted by Crippen LogP contribution is -2.21. The van der Waals surface area contributed by atoms with Crippen LogP contribution < -0.4 is 11.1 Å². The van der Waals surface area contributed by atoms with E-state index in [1.165, 1.54) is 18.2 Å². The third-order valence-electron chi connectivity index (χ3n) is 2.72. The van der Waals surface area contributed by atoms with Crippen LogP contribution in [0.25, 0.3) is 0 Å². The van der Waals surface area contributed by atoms with Crippen LogP contribution in [0.5, 0.6) is 5.75 Å². The Morgan fingerprint density at radius 3 is 2.55 bits per heavy atom. The third-order valence-corrected chi connectivity index (χ3v) is 3.25. The molecule has 1 amide bonds. The molecule has 2 aromatic rings. The number of phenolic OH excluding ortho intramolecular Hbond substituents is 1. The molecule has 0 aliphatic heterocycles. The highest BCUT2D eigenvalue weighted by atomic mass is 79.9. The van der Waals surface area contributed by atoms with Crippen molar-refractivity contribution in [2.75, 3.05) is 17.7 Å². The molecule has 114 valence electrons. The molecule has 7 heteroatoms. The zero-order valence-corrected chi connectivity index (χ0v) is 13.0. The van der Waals surface area contributed by atoms with Crippen molar-refractivity contribution in [2.24, 2.45) is 0 Å². The molecule has 2 rings (SSSR count). The molecule has 0 saturated carbocycles. The van der Waals surface area contributed by atoms with E-state index in [-0.39, 0.29) is 17.0 Å². The van der Waals surface area contributed by atoms with E-state index in [2.05, 4.69) is 21.2 Å². The molecule has 0 fully saturated rings. The summed E-state index contributed by atoms with van der Waals surface area (Å²) in [4.78, 5) is 23.5. The molecular formula is C15H13BrN2O4. The van der Waals surface area contributed by atoms with Gasteiger partial charge in [0.15, 0.2) is 6.61 Å². The van der Waals surface area contributed by atoms with E-state index in [4.69, 9.17) is 10.5 Å². The van der Waals surface area contributed by atoms with E-state index >= 15 is 0 Å². The molecule has 6 nitrogen and oxygen atoms in total. The zero-order valence-electron chi connectivity index (χ0n) is 11.4. The maximum absolute atomic E-state index is 11.8. The van der Waals surface area contributed by atoms with Gasteiger partial charge in [0.1, 0.15) is 5.75 Å². The molecule has 0 bridgehead atoms. The number of carbonyl (C=O) groups is 2. The molecule has 0 aliphatic rings. The average Bonchev–Trinajstić information content (AvgIpc) is 2.49. The highest BCUT2D eigenvalue weighted by molar-refractivity contribution is 9.10. The molecule has 22 heavy (non-hydrogen) atoms. The topological polar surface area (TPSA) is 102 Å². The Bertz CT molecular complexity index is 701. The summed E-state index contributed by atoms with van der Waals surface area (Å²) in [6.45, 7) is -0.454. The summed E-state index contributed by atoms with van der Waals surface area (Å²) in [5, 5.41) is 11.9. The molecule has 0 radical (unpaired) electrons. The molecule has 0 aliphatic carbocycles. The fraction of sp³-hybridized carbons (Fsp3) is 0.0667. The summed E-state index contributed by atoms with van der Waals surface area (Å²) in [6, 6.07) is 10.9. The fourth-order valence-electron chi connectivity index (χ4n) is 1.66. The van der Waals surface area contributed by atoms with Crippen LogP contribution >= 0.6 is 15.9 Å². The molecule has 0 aromatic heterocycles. The summed E-state index contributed by atoms with van der Waals surface area (Å²) in [5.41, 5.74) is 6.38. The number of anilines is 2. The number of nitrogens with one attached hydrogen (secondary N) is 1. The normalized spacial score (nSPS) is 10.0. The van der Waals surface area contributed by atoms with Crippen LogP contribution in [0.4, 0.5) is 11.4 Å². The van der Waals surface area contributed by atoms with Crippen LogP contribution in [0, 0.1) is 0 Å². The molecule has 4 N–H and O–H groups in total. The first-order chi connectivity index (χ1) is 10.5. The highest BCUT2D eigenvalue weighted by Crippen LogP contribution is 2.19. The first-order valence-corrected chi connectivity index (χ1v) is 7.06. The number of nitrogens with two attached hydrogens (primary N) is 1. The first kappa shape index (κ1) is 15.8. The molecule has 0 atom stereocenters. The van der Waals surface area contributed by atoms with Crippen LogP contribution in [0.1, 0.15) is 10.4 Å². The van der Waals surface area contributed by atoms with Gasteiger partial charge in [-0.25, -0.2) is 4.79 Å². The summed E-state index contributed by atoms with van der Waals surface area (Å²) in [5.74, 6) is -1.37. The van der Waals surface area contributed by atoms with E-state index in [0.29, 0.717) is 5.69 Å². The second kappa shape index (κ2) is 6.95. The number of nitrogen functional groups attached to an aromatic ring is 1. The van der Waals surface area contributed by atoms with Gasteiger partial charge in [-0.2, -0.15) is 0 Å². The predicted octanol–water partition coefficient (Wildman–Crippen LogP) is 2.53. The quantitative estimate of drug-likeness (QED) is 0.439. The molecular weight excluding hydrogens is 352 g/mol. The Morgan fingerprint density at radius 1 is 1.18 bits per heavy atom. The highest BCUT2D eigenvalue weighted by Gasteiger charge is 2.14. The summed E-state index contributed by atoms with van der Waals surface area (Å²) < 4.78 is 5.76. The Kier molecular flexibility index (Phi) is 5.00. The summed E-state index contributed by atoms with van der Waals surface area (Å²) in [7, 11) is 0. The van der Waals surface area contributed by atoms with Gasteiger partial charge in [-0.3, -0.25) is 4.79 Å². The van der Waals surface area contributed by atoms with Crippen LogP contribution in [0.2, 0.25) is 0 Å². The summed E-state index contributed by atoms with van der Waals surface area (Å²) in [6.07, 6.45) is 0. The number of aromatic hydroxyl groups is 1. The van der Waals surface area contributed by atoms with Crippen LogP contribution in [-0.2, 0) is 9.53 Å². The number of phenols is 1. The van der Waals surface area contributed by atoms with E-state index < -0.39 is 18.5 Å². The minimum absolute atomic E-state index is 0.0106. The predicted molar refractivity (Wildman–Crippen MR) is 85.6 cm³/mol. The smallest absolute Gasteiger partial charge is 0.340 e. The monoisotopic (exact) mass is 364 g/mol. The number of amides is 1. The van der Waals surface area contributed by atoms with Gasteiger partial charge in [-0.15, -0.1) is 0 Å². The first-order valence-electron chi connectivity index (χ1n) is 6.27. The molecule has 0 unspecified atom stereocenters. The van der Waals surface area contributed by atoms with Crippen molar-refractivity contribution < 1.29 is 19.4 Å². The van der Waals surface area contributed by atoms with E-state index in [0.717, 1.165) is 4.47 Å². The fourth-order valence-corrected chi connectivity index (χ4v) is 1.92. The second-order valence-electron chi connectivity index (χ2n) is 4.40. The number of halogens is 1. The lowest BCUT2D eigenvalue weighted by atomic mass is 10.2. The largest absolute Gasteiger partial charge is 0.508 e. The van der Waals surface area contributed by atoms with Gasteiger partial charge in [0.05, 0.1) is 5.56 Å². The van der Waals surface area contributed by atoms with Crippen molar-refractivity contribution in [3.05, 3.63) is 52.5 Å². The molecule has 0 spiro atoms. The van der Waals surface area contributed by atoms with Crippen molar-refractivity contribution in [1.82, 2.24) is 0 Å². The van der Waals surface area contributed by atoms with E-state index in [1.54, 1.807) is 24.3 Å². The van der Waals surface area contributed by atoms with Gasteiger partial charge < -0.3 is 20.9 Å². The SMILES string of the molecule is Nc1ccc(O)cc1C(=O)OCC(=O)Nc1ccc(Br)cc1. The van der Waals surface area contributed by atoms with Gasteiger partial charge in [-0.1, -0.05) is 15.9 Å². The third kappa shape index (κ3) is 4.23. The number of carbonyl (C=O) groups excluding carboxylic acids is 2. The lowest BCUT2D eigenvalue weighted by molar-refractivity contribution is -0.119. The Labute approximate surface area is 135 Å². The van der Waals surface area contributed by atoms with E-state index in [1.807, 2.05) is 0 Å². The van der Waals surface area contributed by atoms with E-state index in [9.17, 15) is 14.7 Å². The molecule has 0 saturated heterocycles. The van der Waals surface area contributed by atoms with Crippen molar-refractivity contribution >= 4 is 39.2 Å². The van der Waals surface area contributed by atoms with Crippen LogP contribution in [-0.4, -0.2) is 23.6 Å². The summed E-state index contributed by atoms with van der Waals surface area (Å²) >= 11 is 3.29. The number of benzene rings is 2. The van der Waals surface area contributed by atoms with Gasteiger partial charge in [0.2, 0.25) is 0 Å². The minimum atomic E-state index is -0.778. The van der Waals surface area contributed by atoms with Crippen molar-refractivity contribution in [2.45, 2.75) is 0 Å². The maximum atomic E-state index is 11.8. The van der Waals surface area contributed by atoms with Crippen molar-refractivity contribution in [1.29, 1.82) is 0 Å². The maximum Gasteiger partial charge on any atom is 0.340 e. The molecule has 2 aromatic carbocycles. The standard InChI is InChI=1S/C15H13BrN2O4/c16-9-1-3-10(4-2-9)18-14(20)8-22-15(21)12-7-11(19)5-6-13(12)17/h1-7,19H,8,17H2,(H,18,20). The lowest BCUT2D eigenvalue weighted by Gasteiger charge is -2.08. The number of hydrogen-bond acceptors (Lipinski definition) is 5. The van der Waals surface area contributed by atoms with Crippen LogP contribution in [0.15, 0.2) is 46.9 Å². The van der Waals surface area contributed by atoms with Crippen molar-refractivity contribution in [3.63, 3.8) is 0 Å². The Hall–Kier alpha value is -2.54. The van der Waals surface area contributed by atoms with Crippen LogP contribution in [0.3, 0.4) is 0 Å². The minimum Gasteiger partial charge on any atom is -0.508 e. The van der Waals surface area contributed by atoms with Crippen molar-refractivity contribution in [3.8, 4) is 5.75 Å². The number of ether oxygens (including phenoxy) is 1. The number of rotatable bonds is 4. The average molecular weight is 365 g/mol. The number of hydrogen-bond donors (Lipinski definition) is 3. The second-order valence-corrected chi connectivity index (χ2v) is 5.32. The number of esters is 1. The van der Waals surface area contributed by atoms with Gasteiger partial charge in [0.25, 0.3) is 5.91 Å². The van der Waals surface area contributed by atoms with Gasteiger partial charge >= 0.3 is 5.97 Å². The zero-order chi connectivity index (χ0) is 16.1. The Balaban J connectivity index is 1.91. The van der Waals surface area contributed by atoms with Gasteiger partial charge in [-0.05, 0) is 42.5 Å². The molecule has 0 heterocycles. The van der Waals surface area contributed by atoms with Gasteiger partial charge in [0, 0.05) is 15.8 Å². The Morgan fingerprint density at radius 2 is 1.86 bits per heavy atom.